The summed E-state index contributed by atoms with van der Waals surface area (Å²) < 4.78 is 38.6. The summed E-state index contributed by atoms with van der Waals surface area (Å²) in [5.41, 5.74) is 0.785. The molecule has 1 aromatic carbocycles. The number of carbonyl (C=O) groups is 1. The van der Waals surface area contributed by atoms with Gasteiger partial charge in [0.2, 0.25) is 0 Å². The van der Waals surface area contributed by atoms with Gasteiger partial charge in [0.25, 0.3) is 5.91 Å². The molecule has 0 spiro atoms. The molecule has 0 aliphatic carbocycles. The Morgan fingerprint density at radius 2 is 2.10 bits per heavy atom. The maximum absolute atomic E-state index is 12.9. The summed E-state index contributed by atoms with van der Waals surface area (Å²) in [4.78, 5) is 14.1. The smallest absolute Gasteiger partial charge is 0.333 e. The molecule has 1 aromatic rings. The number of piperazine rings is 1. The van der Waals surface area contributed by atoms with Crippen molar-refractivity contribution < 1.29 is 18.0 Å². The summed E-state index contributed by atoms with van der Waals surface area (Å²) in [6, 6.07) is 2.19. The Morgan fingerprint density at radius 1 is 1.35 bits per heavy atom. The fourth-order valence-corrected chi connectivity index (χ4v) is 3.04. The van der Waals surface area contributed by atoms with Crippen LogP contribution < -0.4 is 5.32 Å². The monoisotopic (exact) mass is 284 g/mol. The number of benzene rings is 1. The number of amides is 1. The van der Waals surface area contributed by atoms with Gasteiger partial charge in [0, 0.05) is 31.2 Å². The van der Waals surface area contributed by atoms with E-state index in [4.69, 9.17) is 0 Å². The van der Waals surface area contributed by atoms with Crippen molar-refractivity contribution in [3.63, 3.8) is 0 Å². The first-order valence-electron chi connectivity index (χ1n) is 6.60. The van der Waals surface area contributed by atoms with E-state index in [1.54, 1.807) is 11.8 Å². The first kappa shape index (κ1) is 13.4. The topological polar surface area (TPSA) is 32.3 Å². The van der Waals surface area contributed by atoms with E-state index in [-0.39, 0.29) is 17.5 Å². The second-order valence-electron chi connectivity index (χ2n) is 5.38. The summed E-state index contributed by atoms with van der Waals surface area (Å²) in [5.74, 6) is -0.271. The van der Waals surface area contributed by atoms with Gasteiger partial charge < -0.3 is 10.2 Å². The van der Waals surface area contributed by atoms with Gasteiger partial charge in [-0.15, -0.1) is 0 Å². The second-order valence-corrected chi connectivity index (χ2v) is 5.38. The van der Waals surface area contributed by atoms with Crippen LogP contribution in [0, 0.1) is 6.92 Å². The number of carbonyl (C=O) groups excluding carboxylic acids is 1. The van der Waals surface area contributed by atoms with Crippen LogP contribution in [0.3, 0.4) is 0 Å². The molecular formula is C14H15F3N2O. The highest BCUT2D eigenvalue weighted by molar-refractivity contribution is 5.97. The summed E-state index contributed by atoms with van der Waals surface area (Å²) in [6.07, 6.45) is -3.79. The van der Waals surface area contributed by atoms with E-state index in [9.17, 15) is 18.0 Å². The molecule has 2 aliphatic rings. The number of hydrogen-bond donors (Lipinski definition) is 1. The Hall–Kier alpha value is -1.56. The van der Waals surface area contributed by atoms with Gasteiger partial charge in [0.1, 0.15) is 0 Å². The zero-order valence-corrected chi connectivity index (χ0v) is 11.0. The minimum Gasteiger partial charge on any atom is -0.333 e. The minimum atomic E-state index is -4.42. The molecule has 1 N–H and O–H groups in total. The number of aryl methyl sites for hydroxylation is 1. The molecule has 3 nitrogen and oxygen atoms in total. The Morgan fingerprint density at radius 3 is 2.80 bits per heavy atom. The molecule has 1 fully saturated rings. The first-order chi connectivity index (χ1) is 9.38. The Balaban J connectivity index is 2.09. The van der Waals surface area contributed by atoms with E-state index >= 15 is 0 Å². The highest BCUT2D eigenvalue weighted by Crippen LogP contribution is 2.35. The summed E-state index contributed by atoms with van der Waals surface area (Å²) in [5, 5.41) is 3.22. The van der Waals surface area contributed by atoms with Crippen LogP contribution in [0.15, 0.2) is 12.1 Å². The van der Waals surface area contributed by atoms with Gasteiger partial charge in [-0.2, -0.15) is 13.2 Å². The average Bonchev–Trinajstić information content (AvgIpc) is 2.39. The van der Waals surface area contributed by atoms with Crippen molar-refractivity contribution in [1.82, 2.24) is 10.2 Å². The predicted octanol–water partition coefficient (Wildman–Crippen LogP) is 1.98. The number of fused-ring (bicyclic) bond motifs is 2. The molecule has 0 unspecified atom stereocenters. The lowest BCUT2D eigenvalue weighted by Gasteiger charge is -2.41. The van der Waals surface area contributed by atoms with Crippen molar-refractivity contribution in [2.75, 3.05) is 19.6 Å². The molecular weight excluding hydrogens is 269 g/mol. The number of halogens is 3. The van der Waals surface area contributed by atoms with Crippen molar-refractivity contribution in [2.45, 2.75) is 25.6 Å². The molecule has 1 saturated heterocycles. The first-order valence-corrected chi connectivity index (χ1v) is 6.60. The Labute approximate surface area is 114 Å². The zero-order valence-electron chi connectivity index (χ0n) is 11.0. The van der Waals surface area contributed by atoms with Crippen molar-refractivity contribution in [2.24, 2.45) is 0 Å². The standard InChI is InChI=1S/C14H15F3N2O/c1-8-4-9(14(15,16)17)5-12-11(8)6-10-7-18-2-3-19(10)13(12)20/h4-5,10,18H,2-3,6-7H2,1H3/t10-/m1/s1. The predicted molar refractivity (Wildman–Crippen MR) is 67.6 cm³/mol. The number of rotatable bonds is 0. The molecule has 2 heterocycles. The maximum atomic E-state index is 12.9. The minimum absolute atomic E-state index is 0.0548. The molecule has 0 aromatic heterocycles. The Kier molecular flexibility index (Phi) is 3.01. The summed E-state index contributed by atoms with van der Waals surface area (Å²) in [6.45, 7) is 3.59. The normalized spacial score (nSPS) is 22.5. The van der Waals surface area contributed by atoms with Crippen LogP contribution in [-0.2, 0) is 12.6 Å². The third kappa shape index (κ3) is 2.08. The molecule has 2 aliphatic heterocycles. The molecule has 20 heavy (non-hydrogen) atoms. The average molecular weight is 284 g/mol. The lowest BCUT2D eigenvalue weighted by molar-refractivity contribution is -0.137. The van der Waals surface area contributed by atoms with Gasteiger partial charge in [-0.1, -0.05) is 0 Å². The molecule has 108 valence electrons. The molecule has 0 radical (unpaired) electrons. The van der Waals surface area contributed by atoms with Crippen molar-refractivity contribution in [3.05, 3.63) is 34.4 Å². The summed E-state index contributed by atoms with van der Waals surface area (Å²) >= 11 is 0. The SMILES string of the molecule is Cc1cc(C(F)(F)F)cc2c1C[C@@H]1CNCCN1C2=O. The molecule has 3 rings (SSSR count). The molecule has 1 atom stereocenters. The molecule has 6 heteroatoms. The van der Waals surface area contributed by atoms with Gasteiger partial charge in [-0.25, -0.2) is 0 Å². The van der Waals surface area contributed by atoms with Crippen LogP contribution in [0.1, 0.15) is 27.0 Å². The van der Waals surface area contributed by atoms with Crippen molar-refractivity contribution in [3.8, 4) is 0 Å². The lowest BCUT2D eigenvalue weighted by Crippen LogP contribution is -2.56. The van der Waals surface area contributed by atoms with Crippen LogP contribution >= 0.6 is 0 Å². The van der Waals surface area contributed by atoms with Crippen LogP contribution in [0.2, 0.25) is 0 Å². The van der Waals surface area contributed by atoms with E-state index in [0.29, 0.717) is 31.6 Å². The molecule has 0 saturated carbocycles. The van der Waals surface area contributed by atoms with Gasteiger partial charge in [-0.3, -0.25) is 4.79 Å². The van der Waals surface area contributed by atoms with E-state index < -0.39 is 11.7 Å². The van der Waals surface area contributed by atoms with Crippen molar-refractivity contribution in [1.29, 1.82) is 0 Å². The van der Waals surface area contributed by atoms with Crippen LogP contribution in [0.4, 0.5) is 13.2 Å². The van der Waals surface area contributed by atoms with E-state index in [0.717, 1.165) is 17.7 Å². The van der Waals surface area contributed by atoms with Gasteiger partial charge in [-0.05, 0) is 36.6 Å². The highest BCUT2D eigenvalue weighted by atomic mass is 19.4. The summed E-state index contributed by atoms with van der Waals surface area (Å²) in [7, 11) is 0. The van der Waals surface area contributed by atoms with Crippen LogP contribution in [-0.4, -0.2) is 36.5 Å². The van der Waals surface area contributed by atoms with E-state index in [1.165, 1.54) is 0 Å². The highest BCUT2D eigenvalue weighted by Gasteiger charge is 2.38. The largest absolute Gasteiger partial charge is 0.416 e. The Bertz CT molecular complexity index is 568. The third-order valence-corrected chi connectivity index (χ3v) is 4.08. The number of alkyl halides is 3. The van der Waals surface area contributed by atoms with Gasteiger partial charge >= 0.3 is 6.18 Å². The van der Waals surface area contributed by atoms with Crippen LogP contribution in [0.5, 0.6) is 0 Å². The van der Waals surface area contributed by atoms with E-state index in [2.05, 4.69) is 5.32 Å². The number of hydrogen-bond acceptors (Lipinski definition) is 2. The fraction of sp³-hybridized carbons (Fsp3) is 0.500. The number of nitrogens with zero attached hydrogens (tertiary/aromatic N) is 1. The molecule has 0 bridgehead atoms. The zero-order chi connectivity index (χ0) is 14.5. The fourth-order valence-electron chi connectivity index (χ4n) is 3.04. The number of nitrogens with one attached hydrogen (secondary N) is 1. The van der Waals surface area contributed by atoms with Gasteiger partial charge in [0.15, 0.2) is 0 Å². The quantitative estimate of drug-likeness (QED) is 0.790. The van der Waals surface area contributed by atoms with E-state index in [1.807, 2.05) is 0 Å². The van der Waals surface area contributed by atoms with Crippen molar-refractivity contribution >= 4 is 5.91 Å². The van der Waals surface area contributed by atoms with Crippen LogP contribution in [0.25, 0.3) is 0 Å². The third-order valence-electron chi connectivity index (χ3n) is 4.08. The lowest BCUT2D eigenvalue weighted by atomic mass is 9.87. The second kappa shape index (κ2) is 4.48. The maximum Gasteiger partial charge on any atom is 0.416 e. The molecule has 1 amide bonds. The van der Waals surface area contributed by atoms with Gasteiger partial charge in [0.05, 0.1) is 5.56 Å².